The molecule has 1 aliphatic rings. The molecule has 254 valence electrons. The summed E-state index contributed by atoms with van der Waals surface area (Å²) in [6.07, 6.45) is 4.74. The van der Waals surface area contributed by atoms with E-state index >= 15 is 0 Å². The van der Waals surface area contributed by atoms with Crippen LogP contribution < -0.4 is 11.1 Å². The molecule has 5 rings (SSSR count). The fourth-order valence-electron chi connectivity index (χ4n) is 4.79. The lowest BCUT2D eigenvalue weighted by Gasteiger charge is -2.27. The van der Waals surface area contributed by atoms with Crippen LogP contribution in [-0.4, -0.2) is 67.0 Å². The van der Waals surface area contributed by atoms with Crippen LogP contribution >= 0.6 is 22.9 Å². The molecule has 48 heavy (non-hydrogen) atoms. The van der Waals surface area contributed by atoms with E-state index in [1.807, 2.05) is 47.5 Å². The van der Waals surface area contributed by atoms with Crippen LogP contribution in [0.5, 0.6) is 0 Å². The van der Waals surface area contributed by atoms with Crippen LogP contribution in [0.3, 0.4) is 0 Å². The molecule has 1 aromatic heterocycles. The van der Waals surface area contributed by atoms with Crippen molar-refractivity contribution < 1.29 is 0 Å². The van der Waals surface area contributed by atoms with E-state index in [4.69, 9.17) is 28.2 Å². The predicted octanol–water partition coefficient (Wildman–Crippen LogP) is 7.80. The van der Waals surface area contributed by atoms with Crippen molar-refractivity contribution in [3.63, 3.8) is 0 Å². The lowest BCUT2D eigenvalue weighted by molar-refractivity contribution is 0.247. The molecule has 0 atom stereocenters. The van der Waals surface area contributed by atoms with E-state index in [1.165, 1.54) is 44.7 Å². The first-order valence-corrected chi connectivity index (χ1v) is 16.9. The molecule has 11 heteroatoms. The molecule has 9 nitrogen and oxygen atoms in total. The average Bonchev–Trinajstić information content (AvgIpc) is 3.50. The lowest BCUT2D eigenvalue weighted by atomic mass is 10.1. The van der Waals surface area contributed by atoms with Crippen LogP contribution in [0.15, 0.2) is 82.1 Å². The van der Waals surface area contributed by atoms with Gasteiger partial charge in [-0.05, 0) is 86.0 Å². The minimum Gasteiger partial charge on any atom is -0.370 e. The largest absolute Gasteiger partial charge is 0.370 e. The Kier molecular flexibility index (Phi) is 14.8. The Balaban J connectivity index is 0.000000213. The van der Waals surface area contributed by atoms with E-state index in [2.05, 4.69) is 95.7 Å². The summed E-state index contributed by atoms with van der Waals surface area (Å²) in [6.45, 7) is 11.5. The molecule has 4 aromatic rings. The van der Waals surface area contributed by atoms with Crippen molar-refractivity contribution in [2.75, 3.05) is 27.7 Å². The third kappa shape index (κ3) is 12.6. The highest BCUT2D eigenvalue weighted by Gasteiger charge is 2.17. The first kappa shape index (κ1) is 37.9. The Morgan fingerprint density at radius 1 is 0.917 bits per heavy atom. The van der Waals surface area contributed by atoms with Gasteiger partial charge in [0.25, 0.3) is 0 Å². The van der Waals surface area contributed by atoms with Gasteiger partial charge in [0.15, 0.2) is 11.9 Å². The molecule has 1 aliphatic heterocycles. The number of guanidine groups is 2. The van der Waals surface area contributed by atoms with Crippen molar-refractivity contribution in [3.8, 4) is 0 Å². The van der Waals surface area contributed by atoms with Crippen molar-refractivity contribution in [2.24, 2.45) is 15.7 Å². The SMILES string of the molecule is CN(C)C(=N)NC(=N)N.Cc1ccc(/N=C/N(C)/C=N/c2ccc(C)cc2C)c(C)c1.Clc1ccccc1CN1CCc2sccc2C1. The summed E-state index contributed by atoms with van der Waals surface area (Å²) >= 11 is 8.08. The Morgan fingerprint density at radius 3 is 2.00 bits per heavy atom. The topological polar surface area (TPSA) is 120 Å². The molecule has 0 aliphatic carbocycles. The van der Waals surface area contributed by atoms with Crippen LogP contribution in [0.25, 0.3) is 0 Å². The first-order chi connectivity index (χ1) is 22.8. The summed E-state index contributed by atoms with van der Waals surface area (Å²) < 4.78 is 0. The van der Waals surface area contributed by atoms with Crippen molar-refractivity contribution in [1.29, 1.82) is 10.8 Å². The molecule has 0 spiro atoms. The molecule has 0 fully saturated rings. The molecule has 0 unspecified atom stereocenters. The van der Waals surface area contributed by atoms with Crippen molar-refractivity contribution in [3.05, 3.63) is 115 Å². The van der Waals surface area contributed by atoms with Gasteiger partial charge in [0.1, 0.15) is 0 Å². The third-order valence-electron chi connectivity index (χ3n) is 7.40. The minimum atomic E-state index is -0.214. The van der Waals surface area contributed by atoms with Gasteiger partial charge >= 0.3 is 0 Å². The fourth-order valence-corrected chi connectivity index (χ4v) is 5.87. The lowest BCUT2D eigenvalue weighted by Crippen LogP contribution is -2.42. The van der Waals surface area contributed by atoms with Gasteiger partial charge in [-0.25, -0.2) is 9.98 Å². The van der Waals surface area contributed by atoms with Gasteiger partial charge in [-0.15, -0.1) is 11.3 Å². The Hall–Kier alpha value is -4.51. The molecule has 0 saturated heterocycles. The molecule has 0 amide bonds. The first-order valence-electron chi connectivity index (χ1n) is 15.6. The molecular formula is C37H48ClN9S. The number of aryl methyl sites for hydroxylation is 4. The van der Waals surface area contributed by atoms with Gasteiger partial charge in [0, 0.05) is 50.7 Å². The van der Waals surface area contributed by atoms with Gasteiger partial charge in [-0.1, -0.05) is 65.2 Å². The molecule has 5 N–H and O–H groups in total. The van der Waals surface area contributed by atoms with Gasteiger partial charge in [0.05, 0.1) is 24.1 Å². The smallest absolute Gasteiger partial charge is 0.197 e. The average molecular weight is 686 g/mol. The number of halogens is 1. The number of benzene rings is 3. The highest BCUT2D eigenvalue weighted by molar-refractivity contribution is 7.10. The van der Waals surface area contributed by atoms with E-state index < -0.39 is 0 Å². The molecule has 0 saturated carbocycles. The zero-order valence-corrected chi connectivity index (χ0v) is 30.6. The normalized spacial score (nSPS) is 12.4. The fraction of sp³-hybridized carbons (Fsp3) is 0.297. The highest BCUT2D eigenvalue weighted by atomic mass is 35.5. The van der Waals surface area contributed by atoms with Gasteiger partial charge in [-0.2, -0.15) is 0 Å². The number of thiophene rings is 1. The summed E-state index contributed by atoms with van der Waals surface area (Å²) in [5.74, 6) is -0.101. The summed E-state index contributed by atoms with van der Waals surface area (Å²) in [5.41, 5.74) is 14.5. The van der Waals surface area contributed by atoms with Gasteiger partial charge in [0.2, 0.25) is 0 Å². The van der Waals surface area contributed by atoms with Crippen LogP contribution in [0.2, 0.25) is 5.02 Å². The number of hydrogen-bond donors (Lipinski definition) is 4. The van der Waals surface area contributed by atoms with Crippen LogP contribution in [-0.2, 0) is 19.5 Å². The number of fused-ring (bicyclic) bond motifs is 1. The van der Waals surface area contributed by atoms with Crippen LogP contribution in [0.1, 0.15) is 38.3 Å². The van der Waals surface area contributed by atoms with Gasteiger partial charge < -0.3 is 15.5 Å². The van der Waals surface area contributed by atoms with E-state index in [-0.39, 0.29) is 11.9 Å². The standard InChI is InChI=1S/C19H23N3.C14H14ClNS.C4H11N5/c1-14-6-8-18(16(3)10-14)20-12-22(5)13-21-19-9-7-15(2)11-17(19)4;15-13-4-2-1-3-11(13)9-16-7-5-14-12(10-16)6-8-17-14;1-9(2)4(7)8-3(5)6/h6-13H,1-5H3;1-4,6,8H,5,7,9-10H2;1-2H3,(H5,5,6,7,8)/b20-12+,21-13+;;. The third-order valence-corrected chi connectivity index (χ3v) is 8.79. The zero-order chi connectivity index (χ0) is 35.2. The number of hydrogen-bond acceptors (Lipinski definition) is 6. The second-order valence-electron chi connectivity index (χ2n) is 11.9. The second-order valence-corrected chi connectivity index (χ2v) is 13.3. The summed E-state index contributed by atoms with van der Waals surface area (Å²) in [6, 6.07) is 22.9. The van der Waals surface area contributed by atoms with E-state index in [9.17, 15) is 0 Å². The molecule has 0 bridgehead atoms. The van der Waals surface area contributed by atoms with Crippen molar-refractivity contribution in [1.82, 2.24) is 20.0 Å². The molecular weight excluding hydrogens is 638 g/mol. The number of nitrogens with one attached hydrogen (secondary N) is 3. The Labute approximate surface area is 294 Å². The number of nitrogens with zero attached hydrogens (tertiary/aromatic N) is 5. The minimum absolute atomic E-state index is 0.113. The molecule has 2 heterocycles. The summed E-state index contributed by atoms with van der Waals surface area (Å²) in [4.78, 5) is 16.4. The number of rotatable bonds is 6. The van der Waals surface area contributed by atoms with E-state index in [0.717, 1.165) is 36.0 Å². The zero-order valence-electron chi connectivity index (χ0n) is 29.0. The predicted molar refractivity (Wildman–Crippen MR) is 206 cm³/mol. The monoisotopic (exact) mass is 685 g/mol. The maximum atomic E-state index is 7.07. The second kappa shape index (κ2) is 18.7. The van der Waals surface area contributed by atoms with Crippen LogP contribution in [0.4, 0.5) is 11.4 Å². The highest BCUT2D eigenvalue weighted by Crippen LogP contribution is 2.26. The maximum Gasteiger partial charge on any atom is 0.197 e. The van der Waals surface area contributed by atoms with Crippen LogP contribution in [0, 0.1) is 38.5 Å². The number of aliphatic imine (C=N–C) groups is 2. The summed E-state index contributed by atoms with van der Waals surface area (Å²) in [5, 5.41) is 19.2. The maximum absolute atomic E-state index is 7.07. The number of nitrogens with two attached hydrogens (primary N) is 1. The van der Waals surface area contributed by atoms with Gasteiger partial charge in [-0.3, -0.25) is 21.0 Å². The molecule has 0 radical (unpaired) electrons. The quantitative estimate of drug-likeness (QED) is 0.122. The van der Waals surface area contributed by atoms with Crippen molar-refractivity contribution >= 4 is 58.9 Å². The Bertz CT molecular complexity index is 1670. The van der Waals surface area contributed by atoms with Crippen molar-refractivity contribution in [2.45, 2.75) is 47.2 Å². The Morgan fingerprint density at radius 2 is 1.50 bits per heavy atom. The summed E-state index contributed by atoms with van der Waals surface area (Å²) in [7, 11) is 5.32. The van der Waals surface area contributed by atoms with E-state index in [1.54, 1.807) is 31.6 Å². The van der Waals surface area contributed by atoms with E-state index in [0.29, 0.717) is 0 Å². The molecule has 3 aromatic carbocycles.